The van der Waals surface area contributed by atoms with Crippen LogP contribution in [-0.4, -0.2) is 17.9 Å². The van der Waals surface area contributed by atoms with Crippen molar-refractivity contribution in [1.82, 2.24) is 10.5 Å². The van der Waals surface area contributed by atoms with E-state index < -0.39 is 0 Å². The van der Waals surface area contributed by atoms with Crippen molar-refractivity contribution in [3.05, 3.63) is 64.8 Å². The molecular formula is C20H18N2O4. The zero-order chi connectivity index (χ0) is 18.1. The Morgan fingerprint density at radius 2 is 1.96 bits per heavy atom. The molecule has 0 aliphatic carbocycles. The molecule has 1 amide bonds. The Labute approximate surface area is 150 Å². The Balaban J connectivity index is 1.59. The fourth-order valence-electron chi connectivity index (χ4n) is 2.96. The molecule has 0 unspecified atom stereocenters. The van der Waals surface area contributed by atoms with Gasteiger partial charge in [-0.3, -0.25) is 4.79 Å². The summed E-state index contributed by atoms with van der Waals surface area (Å²) in [5.74, 6) is 1.50. The molecular weight excluding hydrogens is 332 g/mol. The van der Waals surface area contributed by atoms with Crippen LogP contribution in [0.15, 0.2) is 47.0 Å². The van der Waals surface area contributed by atoms with Crippen LogP contribution in [0.5, 0.6) is 11.5 Å². The number of amides is 1. The summed E-state index contributed by atoms with van der Waals surface area (Å²) in [6, 6.07) is 13.4. The summed E-state index contributed by atoms with van der Waals surface area (Å²) < 4.78 is 16.1. The predicted molar refractivity (Wildman–Crippen MR) is 95.1 cm³/mol. The monoisotopic (exact) mass is 350 g/mol. The highest BCUT2D eigenvalue weighted by Gasteiger charge is 2.23. The lowest BCUT2D eigenvalue weighted by Gasteiger charge is -2.07. The van der Waals surface area contributed by atoms with Gasteiger partial charge < -0.3 is 19.3 Å². The molecule has 0 atom stereocenters. The lowest BCUT2D eigenvalue weighted by Crippen LogP contribution is -2.23. The quantitative estimate of drug-likeness (QED) is 0.778. The van der Waals surface area contributed by atoms with Crippen LogP contribution in [0.4, 0.5) is 0 Å². The van der Waals surface area contributed by atoms with E-state index in [2.05, 4.69) is 10.5 Å². The number of aromatic nitrogens is 1. The Hall–Kier alpha value is -3.28. The summed E-state index contributed by atoms with van der Waals surface area (Å²) in [6.45, 7) is 4.40. The van der Waals surface area contributed by atoms with Crippen LogP contribution in [0.3, 0.4) is 0 Å². The highest BCUT2D eigenvalue weighted by molar-refractivity contribution is 6.00. The molecule has 1 aromatic heterocycles. The van der Waals surface area contributed by atoms with Crippen LogP contribution in [0.1, 0.15) is 27.2 Å². The lowest BCUT2D eigenvalue weighted by molar-refractivity contribution is 0.0950. The van der Waals surface area contributed by atoms with Crippen molar-refractivity contribution in [2.45, 2.75) is 20.4 Å². The van der Waals surface area contributed by atoms with E-state index in [1.165, 1.54) is 0 Å². The zero-order valence-electron chi connectivity index (χ0n) is 14.5. The van der Waals surface area contributed by atoms with Gasteiger partial charge in [0, 0.05) is 12.1 Å². The van der Waals surface area contributed by atoms with Crippen LogP contribution < -0.4 is 14.8 Å². The fourth-order valence-corrected chi connectivity index (χ4v) is 2.96. The summed E-state index contributed by atoms with van der Waals surface area (Å²) in [5, 5.41) is 6.91. The average Bonchev–Trinajstić information content (AvgIpc) is 3.25. The van der Waals surface area contributed by atoms with Crippen LogP contribution in [-0.2, 0) is 6.54 Å². The number of ether oxygens (including phenoxy) is 2. The molecule has 0 fully saturated rings. The molecule has 0 spiro atoms. The van der Waals surface area contributed by atoms with Gasteiger partial charge in [-0.25, -0.2) is 0 Å². The Morgan fingerprint density at radius 1 is 1.12 bits per heavy atom. The van der Waals surface area contributed by atoms with Gasteiger partial charge >= 0.3 is 0 Å². The van der Waals surface area contributed by atoms with Crippen molar-refractivity contribution in [2.75, 3.05) is 6.79 Å². The first-order chi connectivity index (χ1) is 12.6. The molecule has 3 aromatic rings. The average molecular weight is 350 g/mol. The van der Waals surface area contributed by atoms with Crippen LogP contribution in [0, 0.1) is 13.8 Å². The summed E-state index contributed by atoms with van der Waals surface area (Å²) in [7, 11) is 0. The molecule has 0 saturated heterocycles. The third-order valence-electron chi connectivity index (χ3n) is 4.26. The molecule has 6 heteroatoms. The molecule has 2 aromatic carbocycles. The van der Waals surface area contributed by atoms with Crippen molar-refractivity contribution >= 4 is 5.91 Å². The van der Waals surface area contributed by atoms with E-state index in [0.29, 0.717) is 35.1 Å². The number of aryl methyl sites for hydroxylation is 2. The van der Waals surface area contributed by atoms with Gasteiger partial charge in [-0.15, -0.1) is 0 Å². The Kier molecular flexibility index (Phi) is 4.08. The van der Waals surface area contributed by atoms with Crippen LogP contribution >= 0.6 is 0 Å². The van der Waals surface area contributed by atoms with Crippen LogP contribution in [0.2, 0.25) is 0 Å². The molecule has 0 bridgehead atoms. The van der Waals surface area contributed by atoms with Gasteiger partial charge in [0.05, 0.1) is 5.69 Å². The molecule has 1 aliphatic rings. The lowest BCUT2D eigenvalue weighted by atomic mass is 10.1. The first-order valence-electron chi connectivity index (χ1n) is 8.32. The summed E-state index contributed by atoms with van der Waals surface area (Å²) in [4.78, 5) is 12.7. The Morgan fingerprint density at radius 3 is 2.81 bits per heavy atom. The van der Waals surface area contributed by atoms with Gasteiger partial charge in [-0.05, 0) is 37.6 Å². The minimum atomic E-state index is -0.224. The number of rotatable bonds is 4. The van der Waals surface area contributed by atoms with Crippen molar-refractivity contribution in [3.63, 3.8) is 0 Å². The van der Waals surface area contributed by atoms with Gasteiger partial charge in [0.2, 0.25) is 6.79 Å². The van der Waals surface area contributed by atoms with E-state index in [1.54, 1.807) is 19.1 Å². The summed E-state index contributed by atoms with van der Waals surface area (Å²) in [6.07, 6.45) is 0. The maximum Gasteiger partial charge on any atom is 0.257 e. The zero-order valence-corrected chi connectivity index (χ0v) is 14.5. The largest absolute Gasteiger partial charge is 0.454 e. The number of fused-ring (bicyclic) bond motifs is 1. The molecule has 0 radical (unpaired) electrons. The minimum absolute atomic E-state index is 0.193. The smallest absolute Gasteiger partial charge is 0.257 e. The third-order valence-corrected chi connectivity index (χ3v) is 4.26. The second-order valence-corrected chi connectivity index (χ2v) is 6.21. The van der Waals surface area contributed by atoms with Crippen molar-refractivity contribution in [3.8, 4) is 22.8 Å². The molecule has 6 nitrogen and oxygen atoms in total. The number of hydrogen-bond acceptors (Lipinski definition) is 5. The third kappa shape index (κ3) is 3.01. The first-order valence-corrected chi connectivity index (χ1v) is 8.32. The van der Waals surface area contributed by atoms with Gasteiger partial charge in [-0.2, -0.15) is 0 Å². The van der Waals surface area contributed by atoms with Gasteiger partial charge in [0.1, 0.15) is 5.56 Å². The standard InChI is InChI=1S/C20H18N2O4/c1-12-4-3-5-14(8-12)10-21-20(23)18-13(2)22-26-19(18)15-6-7-16-17(9-15)25-11-24-16/h3-9H,10-11H2,1-2H3,(H,21,23). The normalized spacial score (nSPS) is 12.2. The minimum Gasteiger partial charge on any atom is -0.454 e. The SMILES string of the molecule is Cc1cccc(CNC(=O)c2c(C)noc2-c2ccc3c(c2)OCO3)c1. The van der Waals surface area contributed by atoms with Gasteiger partial charge in [0.15, 0.2) is 17.3 Å². The number of carbonyl (C=O) groups is 1. The van der Waals surface area contributed by atoms with E-state index in [0.717, 1.165) is 16.7 Å². The first kappa shape index (κ1) is 16.2. The summed E-state index contributed by atoms with van der Waals surface area (Å²) in [5.41, 5.74) is 3.88. The van der Waals surface area contributed by atoms with E-state index >= 15 is 0 Å². The number of nitrogens with zero attached hydrogens (tertiary/aromatic N) is 1. The highest BCUT2D eigenvalue weighted by atomic mass is 16.7. The molecule has 132 valence electrons. The highest BCUT2D eigenvalue weighted by Crippen LogP contribution is 2.37. The molecule has 1 N–H and O–H groups in total. The van der Waals surface area contributed by atoms with Gasteiger partial charge in [0.25, 0.3) is 5.91 Å². The molecule has 2 heterocycles. The molecule has 26 heavy (non-hydrogen) atoms. The molecule has 1 aliphatic heterocycles. The second kappa shape index (κ2) is 6.55. The van der Waals surface area contributed by atoms with Gasteiger partial charge in [-0.1, -0.05) is 35.0 Å². The van der Waals surface area contributed by atoms with E-state index in [-0.39, 0.29) is 12.7 Å². The van der Waals surface area contributed by atoms with Crippen molar-refractivity contribution < 1.29 is 18.8 Å². The molecule has 0 saturated carbocycles. The van der Waals surface area contributed by atoms with E-state index in [9.17, 15) is 4.79 Å². The maximum atomic E-state index is 12.7. The Bertz CT molecular complexity index is 978. The van der Waals surface area contributed by atoms with Crippen LogP contribution in [0.25, 0.3) is 11.3 Å². The number of nitrogens with one attached hydrogen (secondary N) is 1. The van der Waals surface area contributed by atoms with E-state index in [4.69, 9.17) is 14.0 Å². The summed E-state index contributed by atoms with van der Waals surface area (Å²) >= 11 is 0. The topological polar surface area (TPSA) is 73.6 Å². The maximum absolute atomic E-state index is 12.7. The van der Waals surface area contributed by atoms with Crippen molar-refractivity contribution in [2.24, 2.45) is 0 Å². The van der Waals surface area contributed by atoms with E-state index in [1.807, 2.05) is 37.3 Å². The predicted octanol–water partition coefficient (Wildman–Crippen LogP) is 3.62. The van der Waals surface area contributed by atoms with Crippen molar-refractivity contribution in [1.29, 1.82) is 0 Å². The molecule has 4 rings (SSSR count). The number of hydrogen-bond donors (Lipinski definition) is 1. The fraction of sp³-hybridized carbons (Fsp3) is 0.200. The number of benzene rings is 2. The number of carbonyl (C=O) groups excluding carboxylic acids is 1. The second-order valence-electron chi connectivity index (χ2n) is 6.21.